The average Bonchev–Trinajstić information content (AvgIpc) is 2.45. The first kappa shape index (κ1) is 7.60. The molecule has 2 aromatic heterocycles. The molecule has 0 fully saturated rings. The van der Waals surface area contributed by atoms with Crippen LogP contribution in [0.5, 0.6) is 0 Å². The van der Waals surface area contributed by atoms with Crippen LogP contribution in [0.4, 0.5) is 5.69 Å². The molecule has 0 unspecified atom stereocenters. The standard InChI is InChI=1S/C8H7N3O2/c9-5-4-2-1-3-10-7(4)11-6(5)8(12)13/h1-3H,9H2,(H,10,11)(H,12,13). The lowest BCUT2D eigenvalue weighted by atomic mass is 10.3. The van der Waals surface area contributed by atoms with E-state index < -0.39 is 5.97 Å². The molecule has 2 rings (SSSR count). The Labute approximate surface area is 73.2 Å². The van der Waals surface area contributed by atoms with E-state index in [1.165, 1.54) is 0 Å². The number of aromatic carboxylic acids is 1. The van der Waals surface area contributed by atoms with Gasteiger partial charge in [0.15, 0.2) is 0 Å². The molecular weight excluding hydrogens is 170 g/mol. The molecule has 5 heteroatoms. The molecule has 2 heterocycles. The quantitative estimate of drug-likeness (QED) is 0.601. The minimum atomic E-state index is -1.07. The number of carboxylic acid groups (broad SMARTS) is 1. The smallest absolute Gasteiger partial charge is 0.354 e. The van der Waals surface area contributed by atoms with Crippen molar-refractivity contribution in [3.63, 3.8) is 0 Å². The molecule has 5 nitrogen and oxygen atoms in total. The largest absolute Gasteiger partial charge is 0.477 e. The van der Waals surface area contributed by atoms with Gasteiger partial charge in [-0.1, -0.05) is 0 Å². The molecule has 0 atom stereocenters. The van der Waals surface area contributed by atoms with Gasteiger partial charge < -0.3 is 15.8 Å². The Morgan fingerprint density at radius 3 is 3.00 bits per heavy atom. The van der Waals surface area contributed by atoms with Crippen molar-refractivity contribution in [3.8, 4) is 0 Å². The number of nitrogens with two attached hydrogens (primary N) is 1. The summed E-state index contributed by atoms with van der Waals surface area (Å²) in [6.07, 6.45) is 1.57. The lowest BCUT2D eigenvalue weighted by molar-refractivity contribution is 0.0692. The summed E-state index contributed by atoms with van der Waals surface area (Å²) in [5, 5.41) is 9.37. The highest BCUT2D eigenvalue weighted by Gasteiger charge is 2.13. The van der Waals surface area contributed by atoms with Crippen LogP contribution in [0.3, 0.4) is 0 Å². The van der Waals surface area contributed by atoms with Crippen molar-refractivity contribution in [1.82, 2.24) is 9.97 Å². The van der Waals surface area contributed by atoms with E-state index in [0.717, 1.165) is 0 Å². The van der Waals surface area contributed by atoms with Crippen LogP contribution in [0.2, 0.25) is 0 Å². The zero-order chi connectivity index (χ0) is 9.42. The minimum Gasteiger partial charge on any atom is -0.477 e. The fourth-order valence-corrected chi connectivity index (χ4v) is 1.21. The van der Waals surface area contributed by atoms with Crippen LogP contribution < -0.4 is 5.73 Å². The molecule has 0 spiro atoms. The van der Waals surface area contributed by atoms with Gasteiger partial charge in [0.1, 0.15) is 11.3 Å². The third-order valence-electron chi connectivity index (χ3n) is 1.82. The number of nitrogens with one attached hydrogen (secondary N) is 1. The molecule has 0 aliphatic heterocycles. The van der Waals surface area contributed by atoms with Crippen molar-refractivity contribution in [2.75, 3.05) is 5.73 Å². The zero-order valence-electron chi connectivity index (χ0n) is 6.61. The van der Waals surface area contributed by atoms with Gasteiger partial charge in [0.05, 0.1) is 5.69 Å². The SMILES string of the molecule is Nc1c(C(=O)O)[nH]c2ncccc12. The molecule has 13 heavy (non-hydrogen) atoms. The van der Waals surface area contributed by atoms with Crippen LogP contribution in [0.1, 0.15) is 10.5 Å². The molecule has 4 N–H and O–H groups in total. The van der Waals surface area contributed by atoms with Crippen LogP contribution in [-0.2, 0) is 0 Å². The van der Waals surface area contributed by atoms with Gasteiger partial charge in [0.25, 0.3) is 0 Å². The molecule has 0 radical (unpaired) electrons. The Morgan fingerprint density at radius 1 is 1.62 bits per heavy atom. The maximum Gasteiger partial charge on any atom is 0.354 e. The molecular formula is C8H7N3O2. The highest BCUT2D eigenvalue weighted by atomic mass is 16.4. The predicted molar refractivity (Wildman–Crippen MR) is 47.5 cm³/mol. The van der Waals surface area contributed by atoms with Crippen LogP contribution in [0, 0.1) is 0 Å². The Morgan fingerprint density at radius 2 is 2.38 bits per heavy atom. The number of aromatic nitrogens is 2. The van der Waals surface area contributed by atoms with Crippen molar-refractivity contribution in [2.45, 2.75) is 0 Å². The number of hydrogen-bond donors (Lipinski definition) is 3. The van der Waals surface area contributed by atoms with Gasteiger partial charge in [-0.2, -0.15) is 0 Å². The molecule has 0 aliphatic carbocycles. The molecule has 0 aromatic carbocycles. The first-order valence-corrected chi connectivity index (χ1v) is 3.65. The number of rotatable bonds is 1. The molecule has 0 bridgehead atoms. The summed E-state index contributed by atoms with van der Waals surface area (Å²) < 4.78 is 0. The number of pyridine rings is 1. The van der Waals surface area contributed by atoms with Gasteiger partial charge >= 0.3 is 5.97 Å². The highest BCUT2D eigenvalue weighted by Crippen LogP contribution is 2.22. The van der Waals surface area contributed by atoms with E-state index in [2.05, 4.69) is 9.97 Å². The number of carbonyl (C=O) groups is 1. The monoisotopic (exact) mass is 177 g/mol. The van der Waals surface area contributed by atoms with Gasteiger partial charge in [-0.15, -0.1) is 0 Å². The number of fused-ring (bicyclic) bond motifs is 1. The second kappa shape index (κ2) is 2.48. The molecule has 2 aromatic rings. The first-order valence-electron chi connectivity index (χ1n) is 3.65. The molecule has 0 amide bonds. The molecule has 66 valence electrons. The van der Waals surface area contributed by atoms with Gasteiger partial charge in [-0.3, -0.25) is 0 Å². The summed E-state index contributed by atoms with van der Waals surface area (Å²) in [4.78, 5) is 17.2. The number of carboxylic acids is 1. The first-order chi connectivity index (χ1) is 6.20. The van der Waals surface area contributed by atoms with Crippen LogP contribution in [0.25, 0.3) is 11.0 Å². The predicted octanol–water partition coefficient (Wildman–Crippen LogP) is 0.843. The lowest BCUT2D eigenvalue weighted by Crippen LogP contribution is -2.00. The van der Waals surface area contributed by atoms with Crippen molar-refractivity contribution in [2.24, 2.45) is 0 Å². The zero-order valence-corrected chi connectivity index (χ0v) is 6.61. The summed E-state index contributed by atoms with van der Waals surface area (Å²) in [6, 6.07) is 3.43. The normalized spacial score (nSPS) is 10.5. The number of nitrogen functional groups attached to an aromatic ring is 1. The third-order valence-corrected chi connectivity index (χ3v) is 1.82. The van der Waals surface area contributed by atoms with Gasteiger partial charge in [0, 0.05) is 11.6 Å². The summed E-state index contributed by atoms with van der Waals surface area (Å²) >= 11 is 0. The van der Waals surface area contributed by atoms with Crippen LogP contribution >= 0.6 is 0 Å². The van der Waals surface area contributed by atoms with Crippen molar-refractivity contribution in [3.05, 3.63) is 24.0 Å². The number of anilines is 1. The van der Waals surface area contributed by atoms with E-state index in [1.54, 1.807) is 18.3 Å². The van der Waals surface area contributed by atoms with Crippen molar-refractivity contribution >= 4 is 22.7 Å². The maximum absolute atomic E-state index is 10.7. The van der Waals surface area contributed by atoms with E-state index in [9.17, 15) is 4.79 Å². The number of aromatic amines is 1. The van der Waals surface area contributed by atoms with Crippen LogP contribution in [-0.4, -0.2) is 21.0 Å². The van der Waals surface area contributed by atoms with E-state index >= 15 is 0 Å². The molecule has 0 saturated heterocycles. The minimum absolute atomic E-state index is 0.00583. The van der Waals surface area contributed by atoms with Crippen molar-refractivity contribution in [1.29, 1.82) is 0 Å². The fourth-order valence-electron chi connectivity index (χ4n) is 1.21. The van der Waals surface area contributed by atoms with Crippen LogP contribution in [0.15, 0.2) is 18.3 Å². The third kappa shape index (κ3) is 1.01. The van der Waals surface area contributed by atoms with E-state index in [-0.39, 0.29) is 11.4 Å². The molecule has 0 saturated carbocycles. The fraction of sp³-hybridized carbons (Fsp3) is 0. The topological polar surface area (TPSA) is 92.0 Å². The van der Waals surface area contributed by atoms with E-state index in [4.69, 9.17) is 10.8 Å². The number of H-pyrrole nitrogens is 1. The summed E-state index contributed by atoms with van der Waals surface area (Å²) in [5.41, 5.74) is 6.31. The average molecular weight is 177 g/mol. The summed E-state index contributed by atoms with van der Waals surface area (Å²) in [7, 11) is 0. The summed E-state index contributed by atoms with van der Waals surface area (Å²) in [6.45, 7) is 0. The Hall–Kier alpha value is -2.04. The number of hydrogen-bond acceptors (Lipinski definition) is 3. The number of nitrogens with zero attached hydrogens (tertiary/aromatic N) is 1. The van der Waals surface area contributed by atoms with E-state index in [1.807, 2.05) is 0 Å². The Kier molecular flexibility index (Phi) is 1.45. The highest BCUT2D eigenvalue weighted by molar-refractivity contribution is 6.03. The maximum atomic E-state index is 10.7. The van der Waals surface area contributed by atoms with Gasteiger partial charge in [-0.05, 0) is 12.1 Å². The lowest BCUT2D eigenvalue weighted by Gasteiger charge is -1.89. The van der Waals surface area contributed by atoms with E-state index in [0.29, 0.717) is 11.0 Å². The molecule has 0 aliphatic rings. The van der Waals surface area contributed by atoms with Gasteiger partial charge in [-0.25, -0.2) is 9.78 Å². The van der Waals surface area contributed by atoms with Crippen molar-refractivity contribution < 1.29 is 9.90 Å². The summed E-state index contributed by atoms with van der Waals surface area (Å²) in [5.74, 6) is -1.07. The second-order valence-corrected chi connectivity index (χ2v) is 2.62. The Bertz CT molecular complexity index is 475. The Balaban J connectivity index is 2.81. The second-order valence-electron chi connectivity index (χ2n) is 2.62. The van der Waals surface area contributed by atoms with Gasteiger partial charge in [0.2, 0.25) is 0 Å².